The Morgan fingerprint density at radius 3 is 2.58 bits per heavy atom. The first-order valence-electron chi connectivity index (χ1n) is 5.97. The van der Waals surface area contributed by atoms with Crippen molar-refractivity contribution >= 4 is 11.8 Å². The van der Waals surface area contributed by atoms with Gasteiger partial charge in [0.1, 0.15) is 5.75 Å². The van der Waals surface area contributed by atoms with Crippen molar-refractivity contribution < 1.29 is 14.6 Å². The standard InChI is InChI=1S/C15H15NO3/c1-11(17)12-6-5-7-13(10-12)16-15(18)19-14-8-3-2-4-9-14/h2-11,17H,1H3,(H,16,18). The first-order chi connectivity index (χ1) is 9.15. The Morgan fingerprint density at radius 2 is 1.89 bits per heavy atom. The molecule has 0 saturated heterocycles. The van der Waals surface area contributed by atoms with Crippen LogP contribution in [0.2, 0.25) is 0 Å². The highest BCUT2D eigenvalue weighted by Crippen LogP contribution is 2.17. The molecule has 1 amide bonds. The predicted molar refractivity (Wildman–Crippen MR) is 73.2 cm³/mol. The molecule has 0 fully saturated rings. The fourth-order valence-electron chi connectivity index (χ4n) is 1.62. The monoisotopic (exact) mass is 257 g/mol. The predicted octanol–water partition coefficient (Wildman–Crippen LogP) is 3.35. The zero-order chi connectivity index (χ0) is 13.7. The van der Waals surface area contributed by atoms with Gasteiger partial charge in [0.05, 0.1) is 6.10 Å². The summed E-state index contributed by atoms with van der Waals surface area (Å²) in [6, 6.07) is 15.8. The van der Waals surface area contributed by atoms with Crippen LogP contribution >= 0.6 is 0 Å². The lowest BCUT2D eigenvalue weighted by molar-refractivity contribution is 0.199. The molecule has 2 rings (SSSR count). The first kappa shape index (κ1) is 13.1. The minimum Gasteiger partial charge on any atom is -0.410 e. The van der Waals surface area contributed by atoms with Gasteiger partial charge < -0.3 is 9.84 Å². The third-order valence-corrected chi connectivity index (χ3v) is 2.57. The lowest BCUT2D eigenvalue weighted by Crippen LogP contribution is -2.16. The summed E-state index contributed by atoms with van der Waals surface area (Å²) in [6.07, 6.45) is -1.14. The highest BCUT2D eigenvalue weighted by molar-refractivity contribution is 5.86. The van der Waals surface area contributed by atoms with E-state index in [-0.39, 0.29) is 0 Å². The van der Waals surface area contributed by atoms with E-state index in [0.717, 1.165) is 5.56 Å². The SMILES string of the molecule is CC(O)c1cccc(NC(=O)Oc2ccccc2)c1. The largest absolute Gasteiger partial charge is 0.417 e. The summed E-state index contributed by atoms with van der Waals surface area (Å²) < 4.78 is 5.11. The fraction of sp³-hybridized carbons (Fsp3) is 0.133. The zero-order valence-electron chi connectivity index (χ0n) is 10.5. The molecule has 0 aliphatic carbocycles. The average molecular weight is 257 g/mol. The van der Waals surface area contributed by atoms with E-state index >= 15 is 0 Å². The molecule has 2 N–H and O–H groups in total. The Bertz CT molecular complexity index is 552. The number of carbonyl (C=O) groups is 1. The van der Waals surface area contributed by atoms with Crippen LogP contribution in [0.5, 0.6) is 5.75 Å². The molecule has 0 aromatic heterocycles. The summed E-state index contributed by atoms with van der Waals surface area (Å²) >= 11 is 0. The molecule has 98 valence electrons. The molecule has 0 saturated carbocycles. The molecule has 0 radical (unpaired) electrons. The maximum atomic E-state index is 11.7. The van der Waals surface area contributed by atoms with Crippen molar-refractivity contribution in [1.29, 1.82) is 0 Å². The van der Waals surface area contributed by atoms with Gasteiger partial charge in [-0.3, -0.25) is 5.32 Å². The number of amides is 1. The maximum Gasteiger partial charge on any atom is 0.417 e. The number of anilines is 1. The molecule has 2 aromatic carbocycles. The van der Waals surface area contributed by atoms with E-state index in [0.29, 0.717) is 11.4 Å². The second-order valence-corrected chi connectivity index (χ2v) is 4.13. The third kappa shape index (κ3) is 3.82. The summed E-state index contributed by atoms with van der Waals surface area (Å²) in [6.45, 7) is 1.67. The van der Waals surface area contributed by atoms with Gasteiger partial charge in [-0.1, -0.05) is 30.3 Å². The van der Waals surface area contributed by atoms with Gasteiger partial charge in [-0.25, -0.2) is 4.79 Å². The number of carbonyl (C=O) groups excluding carboxylic acids is 1. The van der Waals surface area contributed by atoms with Gasteiger partial charge in [-0.2, -0.15) is 0 Å². The number of aliphatic hydroxyl groups is 1. The third-order valence-electron chi connectivity index (χ3n) is 2.57. The van der Waals surface area contributed by atoms with Crippen LogP contribution in [0.3, 0.4) is 0 Å². The number of hydrogen-bond acceptors (Lipinski definition) is 3. The molecular formula is C15H15NO3. The summed E-state index contributed by atoms with van der Waals surface area (Å²) in [5, 5.41) is 12.1. The number of aliphatic hydroxyl groups excluding tert-OH is 1. The summed E-state index contributed by atoms with van der Waals surface area (Å²) in [5.41, 5.74) is 1.32. The van der Waals surface area contributed by atoms with Crippen LogP contribution in [0.4, 0.5) is 10.5 Å². The quantitative estimate of drug-likeness (QED) is 0.886. The van der Waals surface area contributed by atoms with Crippen molar-refractivity contribution in [1.82, 2.24) is 0 Å². The van der Waals surface area contributed by atoms with Gasteiger partial charge in [0.15, 0.2) is 0 Å². The lowest BCUT2D eigenvalue weighted by Gasteiger charge is -2.09. The van der Waals surface area contributed by atoms with Crippen LogP contribution in [0, 0.1) is 0 Å². The summed E-state index contributed by atoms with van der Waals surface area (Å²) in [4.78, 5) is 11.7. The van der Waals surface area contributed by atoms with Crippen LogP contribution < -0.4 is 10.1 Å². The molecule has 1 atom stereocenters. The molecule has 0 heterocycles. The van der Waals surface area contributed by atoms with Crippen molar-refractivity contribution in [3.63, 3.8) is 0 Å². The molecule has 1 unspecified atom stereocenters. The molecule has 0 bridgehead atoms. The van der Waals surface area contributed by atoms with Gasteiger partial charge in [0, 0.05) is 5.69 Å². The molecule has 4 nitrogen and oxygen atoms in total. The van der Waals surface area contributed by atoms with Crippen molar-refractivity contribution in [2.45, 2.75) is 13.0 Å². The van der Waals surface area contributed by atoms with Gasteiger partial charge in [0.25, 0.3) is 0 Å². The second-order valence-electron chi connectivity index (χ2n) is 4.13. The van der Waals surface area contributed by atoms with E-state index in [1.807, 2.05) is 6.07 Å². The van der Waals surface area contributed by atoms with E-state index in [1.165, 1.54) is 0 Å². The van der Waals surface area contributed by atoms with Gasteiger partial charge in [-0.05, 0) is 36.8 Å². The second kappa shape index (κ2) is 6.02. The maximum absolute atomic E-state index is 11.7. The molecule has 0 aliphatic heterocycles. The Kier molecular flexibility index (Phi) is 4.15. The number of hydrogen-bond donors (Lipinski definition) is 2. The topological polar surface area (TPSA) is 58.6 Å². The van der Waals surface area contributed by atoms with E-state index < -0.39 is 12.2 Å². The molecule has 19 heavy (non-hydrogen) atoms. The highest BCUT2D eigenvalue weighted by Gasteiger charge is 2.06. The van der Waals surface area contributed by atoms with Crippen molar-refractivity contribution in [2.75, 3.05) is 5.32 Å². The minimum atomic E-state index is -0.577. The Balaban J connectivity index is 2.01. The van der Waals surface area contributed by atoms with E-state index in [2.05, 4.69) is 5.32 Å². The molecule has 4 heteroatoms. The minimum absolute atomic E-state index is 0.478. The Morgan fingerprint density at radius 1 is 1.16 bits per heavy atom. The molecule has 2 aromatic rings. The van der Waals surface area contributed by atoms with E-state index in [4.69, 9.17) is 4.74 Å². The van der Waals surface area contributed by atoms with Crippen LogP contribution in [0.25, 0.3) is 0 Å². The fourth-order valence-corrected chi connectivity index (χ4v) is 1.62. The normalized spacial score (nSPS) is 11.7. The summed E-state index contributed by atoms with van der Waals surface area (Å²) in [7, 11) is 0. The first-order valence-corrected chi connectivity index (χ1v) is 5.97. The van der Waals surface area contributed by atoms with Crippen molar-refractivity contribution in [3.8, 4) is 5.75 Å². The van der Waals surface area contributed by atoms with Crippen molar-refractivity contribution in [3.05, 3.63) is 60.2 Å². The number of rotatable bonds is 3. The van der Waals surface area contributed by atoms with Crippen LogP contribution in [0.1, 0.15) is 18.6 Å². The molecular weight excluding hydrogens is 242 g/mol. The zero-order valence-corrected chi connectivity index (χ0v) is 10.5. The van der Waals surface area contributed by atoms with Gasteiger partial charge >= 0.3 is 6.09 Å². The van der Waals surface area contributed by atoms with Crippen LogP contribution in [-0.2, 0) is 0 Å². The smallest absolute Gasteiger partial charge is 0.410 e. The number of benzene rings is 2. The number of para-hydroxylation sites is 1. The molecule has 0 spiro atoms. The van der Waals surface area contributed by atoms with Gasteiger partial charge in [0.2, 0.25) is 0 Å². The Labute approximate surface area is 111 Å². The van der Waals surface area contributed by atoms with E-state index in [1.54, 1.807) is 55.5 Å². The Hall–Kier alpha value is -2.33. The van der Waals surface area contributed by atoms with Crippen LogP contribution in [-0.4, -0.2) is 11.2 Å². The van der Waals surface area contributed by atoms with E-state index in [9.17, 15) is 9.90 Å². The highest BCUT2D eigenvalue weighted by atomic mass is 16.6. The number of ether oxygens (including phenoxy) is 1. The average Bonchev–Trinajstić information content (AvgIpc) is 2.40. The lowest BCUT2D eigenvalue weighted by atomic mass is 10.1. The summed E-state index contributed by atoms with van der Waals surface area (Å²) in [5.74, 6) is 0.478. The molecule has 0 aliphatic rings. The van der Waals surface area contributed by atoms with Crippen LogP contribution in [0.15, 0.2) is 54.6 Å². The number of nitrogens with one attached hydrogen (secondary N) is 1. The van der Waals surface area contributed by atoms with Gasteiger partial charge in [-0.15, -0.1) is 0 Å². The van der Waals surface area contributed by atoms with Crippen molar-refractivity contribution in [2.24, 2.45) is 0 Å².